The zero-order valence-corrected chi connectivity index (χ0v) is 19.4. The first-order chi connectivity index (χ1) is 16.0. The van der Waals surface area contributed by atoms with Gasteiger partial charge in [0, 0.05) is 48.7 Å². The molecular formula is C26H31FN4O2. The molecule has 0 spiro atoms. The van der Waals surface area contributed by atoms with Gasteiger partial charge in [0.2, 0.25) is 0 Å². The van der Waals surface area contributed by atoms with Gasteiger partial charge in [0.1, 0.15) is 11.6 Å². The summed E-state index contributed by atoms with van der Waals surface area (Å²) in [7, 11) is 1.00. The highest BCUT2D eigenvalue weighted by Gasteiger charge is 2.24. The minimum Gasteiger partial charge on any atom is -0.400 e. The summed E-state index contributed by atoms with van der Waals surface area (Å²) >= 11 is 0. The molecule has 1 saturated carbocycles. The van der Waals surface area contributed by atoms with Crippen molar-refractivity contribution in [2.45, 2.75) is 57.8 Å². The Morgan fingerprint density at radius 3 is 2.30 bits per heavy atom. The normalized spacial score (nSPS) is 13.9. The molecule has 33 heavy (non-hydrogen) atoms. The number of carbonyl (C=O) groups excluding carboxylic acids is 1. The highest BCUT2D eigenvalue weighted by Crippen LogP contribution is 2.40. The van der Waals surface area contributed by atoms with Crippen molar-refractivity contribution < 1.29 is 14.3 Å². The maximum Gasteiger partial charge on any atom is 0.258 e. The van der Waals surface area contributed by atoms with E-state index in [-0.39, 0.29) is 23.6 Å². The summed E-state index contributed by atoms with van der Waals surface area (Å²) in [6.07, 6.45) is 10.3. The number of aromatic nitrogens is 3. The van der Waals surface area contributed by atoms with Crippen molar-refractivity contribution in [1.29, 1.82) is 0 Å². The van der Waals surface area contributed by atoms with E-state index in [0.29, 0.717) is 28.2 Å². The van der Waals surface area contributed by atoms with Crippen LogP contribution in [0.25, 0.3) is 11.1 Å². The maximum absolute atomic E-state index is 14.7. The van der Waals surface area contributed by atoms with Gasteiger partial charge in [-0.3, -0.25) is 9.78 Å². The van der Waals surface area contributed by atoms with Crippen LogP contribution in [0.1, 0.15) is 79.7 Å². The second-order valence-electron chi connectivity index (χ2n) is 8.37. The second-order valence-corrected chi connectivity index (χ2v) is 8.37. The molecule has 0 atom stereocenters. The first-order valence-electron chi connectivity index (χ1n) is 11.4. The van der Waals surface area contributed by atoms with Crippen molar-refractivity contribution in [1.82, 2.24) is 15.0 Å². The lowest BCUT2D eigenvalue weighted by Gasteiger charge is -2.25. The van der Waals surface area contributed by atoms with Gasteiger partial charge >= 0.3 is 0 Å². The van der Waals surface area contributed by atoms with Gasteiger partial charge in [-0.2, -0.15) is 0 Å². The fourth-order valence-corrected chi connectivity index (χ4v) is 4.14. The molecule has 174 valence electrons. The number of anilines is 1. The smallest absolute Gasteiger partial charge is 0.258 e. The summed E-state index contributed by atoms with van der Waals surface area (Å²) in [6, 6.07) is 8.38. The van der Waals surface area contributed by atoms with Crippen molar-refractivity contribution >= 4 is 11.6 Å². The molecule has 0 aliphatic heterocycles. The number of hydrogen-bond acceptors (Lipinski definition) is 5. The van der Waals surface area contributed by atoms with E-state index in [4.69, 9.17) is 5.11 Å². The monoisotopic (exact) mass is 450 g/mol. The van der Waals surface area contributed by atoms with Crippen LogP contribution in [0.4, 0.5) is 10.1 Å². The van der Waals surface area contributed by atoms with E-state index in [1.807, 2.05) is 13.8 Å². The molecule has 2 N–H and O–H groups in total. The molecule has 1 aliphatic carbocycles. The number of pyridine rings is 1. The number of nitrogens with one attached hydrogen (secondary N) is 1. The Morgan fingerprint density at radius 2 is 1.67 bits per heavy atom. The van der Waals surface area contributed by atoms with Crippen LogP contribution in [0.3, 0.4) is 0 Å². The van der Waals surface area contributed by atoms with Crippen molar-refractivity contribution in [2.24, 2.45) is 0 Å². The van der Waals surface area contributed by atoms with Crippen LogP contribution < -0.4 is 5.32 Å². The van der Waals surface area contributed by atoms with E-state index in [1.54, 1.807) is 30.5 Å². The number of carbonyl (C=O) groups is 1. The van der Waals surface area contributed by atoms with Crippen molar-refractivity contribution in [3.05, 3.63) is 71.8 Å². The molecule has 4 rings (SSSR count). The molecule has 1 fully saturated rings. The molecule has 1 amide bonds. The summed E-state index contributed by atoms with van der Waals surface area (Å²) in [5.41, 5.74) is 2.86. The van der Waals surface area contributed by atoms with Gasteiger partial charge in [-0.25, -0.2) is 14.4 Å². The molecule has 1 aromatic carbocycles. The van der Waals surface area contributed by atoms with E-state index in [1.165, 1.54) is 24.9 Å². The fourth-order valence-electron chi connectivity index (χ4n) is 4.14. The summed E-state index contributed by atoms with van der Waals surface area (Å²) in [5, 5.41) is 10.0. The SMILES string of the molecule is CC(C)c1ncc(C(=O)Nc2c(-c3ccccc3F)ccnc2C2CCCCC2)cn1.CO. The van der Waals surface area contributed by atoms with Crippen molar-refractivity contribution in [3.63, 3.8) is 0 Å². The van der Waals surface area contributed by atoms with E-state index in [0.717, 1.165) is 38.5 Å². The number of halogens is 1. The summed E-state index contributed by atoms with van der Waals surface area (Å²) in [4.78, 5) is 26.3. The fraction of sp³-hybridized carbons (Fsp3) is 0.385. The number of rotatable bonds is 5. The molecule has 7 heteroatoms. The summed E-state index contributed by atoms with van der Waals surface area (Å²) in [5.74, 6) is 0.463. The Balaban J connectivity index is 0.00000149. The van der Waals surface area contributed by atoms with Crippen LogP contribution in [0.2, 0.25) is 0 Å². The Bertz CT molecular complexity index is 1060. The predicted molar refractivity (Wildman–Crippen MR) is 128 cm³/mol. The minimum atomic E-state index is -0.330. The van der Waals surface area contributed by atoms with Crippen LogP contribution in [-0.4, -0.2) is 33.1 Å². The van der Waals surface area contributed by atoms with Crippen LogP contribution in [0, 0.1) is 5.82 Å². The minimum absolute atomic E-state index is 0.181. The van der Waals surface area contributed by atoms with E-state index in [9.17, 15) is 9.18 Å². The highest BCUT2D eigenvalue weighted by atomic mass is 19.1. The third kappa shape index (κ3) is 5.79. The van der Waals surface area contributed by atoms with Gasteiger partial charge in [0.25, 0.3) is 5.91 Å². The van der Waals surface area contributed by atoms with E-state index in [2.05, 4.69) is 20.3 Å². The van der Waals surface area contributed by atoms with Gasteiger partial charge < -0.3 is 10.4 Å². The Labute approximate surface area is 194 Å². The quantitative estimate of drug-likeness (QED) is 0.520. The number of nitrogens with zero attached hydrogens (tertiary/aromatic N) is 3. The van der Waals surface area contributed by atoms with Gasteiger partial charge in [0.15, 0.2) is 0 Å². The van der Waals surface area contributed by atoms with Gasteiger partial charge in [0.05, 0.1) is 16.9 Å². The lowest BCUT2D eigenvalue weighted by molar-refractivity contribution is 0.102. The number of benzene rings is 1. The van der Waals surface area contributed by atoms with E-state index < -0.39 is 0 Å². The molecule has 1 aliphatic rings. The molecule has 0 unspecified atom stereocenters. The molecule has 6 nitrogen and oxygen atoms in total. The molecule has 0 radical (unpaired) electrons. The Hall–Kier alpha value is -3.19. The Morgan fingerprint density at radius 1 is 1.00 bits per heavy atom. The molecule has 3 aromatic rings. The summed E-state index contributed by atoms with van der Waals surface area (Å²) in [6.45, 7) is 4.00. The average Bonchev–Trinajstić information content (AvgIpc) is 2.86. The zero-order chi connectivity index (χ0) is 23.8. The highest BCUT2D eigenvalue weighted by molar-refractivity contribution is 6.06. The standard InChI is InChI=1S/C25H27FN4O.CH4O/c1-16(2)24-28-14-18(15-29-24)25(31)30-23-20(19-10-6-7-11-21(19)26)12-13-27-22(23)17-8-4-3-5-9-17;1-2/h6-7,10-17H,3-5,8-9H2,1-2H3,(H,30,31);2H,1H3. The van der Waals surface area contributed by atoms with Gasteiger partial charge in [-0.15, -0.1) is 0 Å². The average molecular weight is 451 g/mol. The van der Waals surface area contributed by atoms with Crippen LogP contribution in [0.15, 0.2) is 48.9 Å². The number of amides is 1. The summed E-state index contributed by atoms with van der Waals surface area (Å²) < 4.78 is 14.7. The van der Waals surface area contributed by atoms with Crippen molar-refractivity contribution in [2.75, 3.05) is 12.4 Å². The van der Waals surface area contributed by atoms with Gasteiger partial charge in [-0.05, 0) is 25.0 Å². The Kier molecular flexibility index (Phi) is 8.60. The molecule has 2 heterocycles. The molecular weight excluding hydrogens is 419 g/mol. The first kappa shape index (κ1) is 24.5. The second kappa shape index (κ2) is 11.6. The molecule has 0 saturated heterocycles. The third-order valence-corrected chi connectivity index (χ3v) is 5.83. The van der Waals surface area contributed by atoms with Crippen LogP contribution in [-0.2, 0) is 0 Å². The lowest BCUT2D eigenvalue weighted by Crippen LogP contribution is -2.18. The van der Waals surface area contributed by atoms with Crippen LogP contribution >= 0.6 is 0 Å². The van der Waals surface area contributed by atoms with E-state index >= 15 is 0 Å². The first-order valence-corrected chi connectivity index (χ1v) is 11.4. The van der Waals surface area contributed by atoms with Crippen molar-refractivity contribution in [3.8, 4) is 11.1 Å². The zero-order valence-electron chi connectivity index (χ0n) is 19.4. The number of aliphatic hydroxyl groups is 1. The number of aliphatic hydroxyl groups excluding tert-OH is 1. The maximum atomic E-state index is 14.7. The molecule has 2 aromatic heterocycles. The number of hydrogen-bond donors (Lipinski definition) is 2. The third-order valence-electron chi connectivity index (χ3n) is 5.83. The predicted octanol–water partition coefficient (Wildman–Crippen LogP) is 5.71. The topological polar surface area (TPSA) is 88.0 Å². The lowest BCUT2D eigenvalue weighted by atomic mass is 9.85. The largest absolute Gasteiger partial charge is 0.400 e. The van der Waals surface area contributed by atoms with Crippen LogP contribution in [0.5, 0.6) is 0 Å². The van der Waals surface area contributed by atoms with Gasteiger partial charge in [-0.1, -0.05) is 51.3 Å². The molecule has 0 bridgehead atoms.